The molecule has 0 fully saturated rings. The number of esters is 1. The molecule has 0 spiro atoms. The van der Waals surface area contributed by atoms with Crippen molar-refractivity contribution in [2.45, 2.75) is 39.7 Å². The summed E-state index contributed by atoms with van der Waals surface area (Å²) >= 11 is 1.20. The Morgan fingerprint density at radius 2 is 2.04 bits per heavy atom. The van der Waals surface area contributed by atoms with Crippen LogP contribution in [0.3, 0.4) is 0 Å². The van der Waals surface area contributed by atoms with E-state index in [1.54, 1.807) is 17.5 Å². The van der Waals surface area contributed by atoms with Crippen molar-refractivity contribution in [2.75, 3.05) is 23.8 Å². The quantitative estimate of drug-likeness (QED) is 0.607. The van der Waals surface area contributed by atoms with Gasteiger partial charge in [0.05, 0.1) is 0 Å². The van der Waals surface area contributed by atoms with Gasteiger partial charge in [0.15, 0.2) is 12.3 Å². The maximum Gasteiger partial charge on any atom is 0.348 e. The van der Waals surface area contributed by atoms with Crippen molar-refractivity contribution >= 4 is 34.7 Å². The third kappa shape index (κ3) is 4.89. The van der Waals surface area contributed by atoms with Gasteiger partial charge >= 0.3 is 11.7 Å². The number of thiophene rings is 1. The van der Waals surface area contributed by atoms with Gasteiger partial charge in [0.1, 0.15) is 10.7 Å². The van der Waals surface area contributed by atoms with E-state index in [4.69, 9.17) is 10.5 Å². The number of nitrogens with one attached hydrogen (secondary N) is 1. The number of aromatic nitrogens is 2. The lowest BCUT2D eigenvalue weighted by Gasteiger charge is -2.24. The first kappa shape index (κ1) is 21.4. The predicted octanol–water partition coefficient (Wildman–Crippen LogP) is 1.58. The van der Waals surface area contributed by atoms with Gasteiger partial charge in [0.2, 0.25) is 0 Å². The number of hydrogen-bond acceptors (Lipinski definition) is 7. The average Bonchev–Trinajstić information content (AvgIpc) is 3.20. The van der Waals surface area contributed by atoms with Crippen LogP contribution < -0.4 is 21.9 Å². The molecule has 0 aliphatic rings. The number of unbranched alkanes of at least 4 members (excludes halogenated alkanes) is 1. The lowest BCUT2D eigenvalue weighted by atomic mass is 10.2. The molecule has 2 aromatic rings. The van der Waals surface area contributed by atoms with Crippen molar-refractivity contribution in [1.29, 1.82) is 0 Å². The normalized spacial score (nSPS) is 10.6. The lowest BCUT2D eigenvalue weighted by Crippen LogP contribution is -2.43. The van der Waals surface area contributed by atoms with Gasteiger partial charge in [-0.25, -0.2) is 9.59 Å². The molecular weight excluding hydrogens is 384 g/mol. The minimum Gasteiger partial charge on any atom is -0.451 e. The first-order chi connectivity index (χ1) is 13.4. The minimum absolute atomic E-state index is 0.0790. The van der Waals surface area contributed by atoms with E-state index in [9.17, 15) is 19.2 Å². The number of nitrogen functional groups attached to an aromatic ring is 1. The molecule has 152 valence electrons. The van der Waals surface area contributed by atoms with E-state index in [2.05, 4.69) is 4.98 Å². The van der Waals surface area contributed by atoms with E-state index < -0.39 is 29.7 Å². The Kier molecular flexibility index (Phi) is 7.56. The standard InChI is InChI=1S/C18H24N4O5S/c1-3-5-9-21(13(23)11-27-17(25)12-7-6-10-28-12)14-15(19)22(8-4-2)18(26)20-16(14)24/h6-7,10H,3-5,8-9,11,19H2,1-2H3,(H,20,24,26). The van der Waals surface area contributed by atoms with Crippen molar-refractivity contribution in [3.05, 3.63) is 43.2 Å². The molecule has 9 nitrogen and oxygen atoms in total. The molecule has 0 aromatic carbocycles. The van der Waals surface area contributed by atoms with Crippen LogP contribution in [0.25, 0.3) is 0 Å². The first-order valence-electron chi connectivity index (χ1n) is 9.04. The fourth-order valence-electron chi connectivity index (χ4n) is 2.63. The van der Waals surface area contributed by atoms with Crippen LogP contribution >= 0.6 is 11.3 Å². The minimum atomic E-state index is -0.746. The zero-order valence-corrected chi connectivity index (χ0v) is 16.7. The number of nitrogens with zero attached hydrogens (tertiary/aromatic N) is 2. The van der Waals surface area contributed by atoms with Crippen LogP contribution in [0.2, 0.25) is 0 Å². The van der Waals surface area contributed by atoms with Crippen molar-refractivity contribution in [3.8, 4) is 0 Å². The van der Waals surface area contributed by atoms with Crippen LogP contribution in [0, 0.1) is 0 Å². The van der Waals surface area contributed by atoms with Gasteiger partial charge in [0.25, 0.3) is 11.5 Å². The van der Waals surface area contributed by atoms with Crippen LogP contribution in [-0.4, -0.2) is 34.6 Å². The summed E-state index contributed by atoms with van der Waals surface area (Å²) in [7, 11) is 0. The third-order valence-corrected chi connectivity index (χ3v) is 4.87. The van der Waals surface area contributed by atoms with E-state index in [0.717, 1.165) is 6.42 Å². The SMILES string of the molecule is CCCCN(C(=O)COC(=O)c1cccs1)c1c(N)n(CCC)c(=O)[nH]c1=O. The molecule has 0 atom stereocenters. The highest BCUT2D eigenvalue weighted by Crippen LogP contribution is 2.18. The van der Waals surface area contributed by atoms with Crippen LogP contribution in [0.15, 0.2) is 27.1 Å². The Bertz CT molecular complexity index is 932. The van der Waals surface area contributed by atoms with E-state index >= 15 is 0 Å². The molecule has 10 heteroatoms. The van der Waals surface area contributed by atoms with E-state index in [0.29, 0.717) is 24.3 Å². The maximum atomic E-state index is 12.7. The van der Waals surface area contributed by atoms with Gasteiger partial charge < -0.3 is 15.4 Å². The molecule has 3 N–H and O–H groups in total. The lowest BCUT2D eigenvalue weighted by molar-refractivity contribution is -0.121. The van der Waals surface area contributed by atoms with Crippen molar-refractivity contribution in [2.24, 2.45) is 0 Å². The molecule has 0 saturated heterocycles. The molecule has 2 rings (SSSR count). The Morgan fingerprint density at radius 1 is 1.29 bits per heavy atom. The van der Waals surface area contributed by atoms with Crippen LogP contribution in [-0.2, 0) is 16.1 Å². The fourth-order valence-corrected chi connectivity index (χ4v) is 3.25. The first-order valence-corrected chi connectivity index (χ1v) is 9.92. The Balaban J connectivity index is 2.31. The topological polar surface area (TPSA) is 127 Å². The molecule has 0 radical (unpaired) electrons. The second kappa shape index (κ2) is 9.88. The molecular formula is C18H24N4O5S. The monoisotopic (exact) mass is 408 g/mol. The van der Waals surface area contributed by atoms with Gasteiger partial charge in [-0.2, -0.15) is 0 Å². The van der Waals surface area contributed by atoms with Gasteiger partial charge in [-0.3, -0.25) is 19.1 Å². The van der Waals surface area contributed by atoms with Crippen molar-refractivity contribution in [1.82, 2.24) is 9.55 Å². The summed E-state index contributed by atoms with van der Waals surface area (Å²) in [5.74, 6) is -1.28. The van der Waals surface area contributed by atoms with E-state index in [1.807, 2.05) is 13.8 Å². The summed E-state index contributed by atoms with van der Waals surface area (Å²) in [5, 5.41) is 1.73. The molecule has 0 aliphatic heterocycles. The summed E-state index contributed by atoms with van der Waals surface area (Å²) in [5.41, 5.74) is 4.59. The van der Waals surface area contributed by atoms with Gasteiger partial charge in [0, 0.05) is 13.1 Å². The number of H-pyrrole nitrogens is 1. The molecule has 0 aliphatic carbocycles. The molecule has 0 unspecified atom stereocenters. The molecule has 0 bridgehead atoms. The Labute approximate surface area is 165 Å². The highest BCUT2D eigenvalue weighted by molar-refractivity contribution is 7.11. The summed E-state index contributed by atoms with van der Waals surface area (Å²) in [6.07, 6.45) is 2.00. The second-order valence-electron chi connectivity index (χ2n) is 6.10. The number of nitrogens with two attached hydrogens (primary N) is 1. The summed E-state index contributed by atoms with van der Waals surface area (Å²) in [6, 6.07) is 3.30. The second-order valence-corrected chi connectivity index (χ2v) is 7.04. The molecule has 0 saturated carbocycles. The number of carbonyl (C=O) groups excluding carboxylic acids is 2. The summed E-state index contributed by atoms with van der Waals surface area (Å²) in [6.45, 7) is 3.78. The highest BCUT2D eigenvalue weighted by Gasteiger charge is 2.25. The third-order valence-electron chi connectivity index (χ3n) is 4.02. The predicted molar refractivity (Wildman–Crippen MR) is 108 cm³/mol. The zero-order chi connectivity index (χ0) is 20.7. The maximum absolute atomic E-state index is 12.7. The van der Waals surface area contributed by atoms with E-state index in [1.165, 1.54) is 20.8 Å². The number of anilines is 2. The van der Waals surface area contributed by atoms with Crippen LogP contribution in [0.4, 0.5) is 11.5 Å². The number of carbonyl (C=O) groups is 2. The zero-order valence-electron chi connectivity index (χ0n) is 15.9. The van der Waals surface area contributed by atoms with Crippen molar-refractivity contribution < 1.29 is 14.3 Å². The summed E-state index contributed by atoms with van der Waals surface area (Å²) < 4.78 is 6.29. The number of aromatic amines is 1. The Morgan fingerprint density at radius 3 is 2.64 bits per heavy atom. The van der Waals surface area contributed by atoms with Crippen LogP contribution in [0.5, 0.6) is 0 Å². The molecule has 1 amide bonds. The van der Waals surface area contributed by atoms with Gasteiger partial charge in [-0.15, -0.1) is 11.3 Å². The number of amides is 1. The average molecular weight is 408 g/mol. The molecule has 2 heterocycles. The fraction of sp³-hybridized carbons (Fsp3) is 0.444. The molecule has 28 heavy (non-hydrogen) atoms. The van der Waals surface area contributed by atoms with Crippen LogP contribution in [0.1, 0.15) is 42.8 Å². The number of ether oxygens (including phenoxy) is 1. The summed E-state index contributed by atoms with van der Waals surface area (Å²) in [4.78, 5) is 52.9. The van der Waals surface area contributed by atoms with E-state index in [-0.39, 0.29) is 18.1 Å². The molecule has 2 aromatic heterocycles. The van der Waals surface area contributed by atoms with Gasteiger partial charge in [-0.1, -0.05) is 26.3 Å². The smallest absolute Gasteiger partial charge is 0.348 e. The highest BCUT2D eigenvalue weighted by atomic mass is 32.1. The van der Waals surface area contributed by atoms with Crippen molar-refractivity contribution in [3.63, 3.8) is 0 Å². The largest absolute Gasteiger partial charge is 0.451 e. The number of hydrogen-bond donors (Lipinski definition) is 2. The number of rotatable bonds is 9. The van der Waals surface area contributed by atoms with Gasteiger partial charge in [-0.05, 0) is 24.3 Å². The Hall–Kier alpha value is -2.88.